The molecule has 1 aromatic carbocycles. The van der Waals surface area contributed by atoms with E-state index in [1.807, 2.05) is 27.1 Å². The van der Waals surface area contributed by atoms with Crippen molar-refractivity contribution < 1.29 is 24.1 Å². The second kappa shape index (κ2) is 36.2. The standard InChI is InChI=1S/C50H85NO5/c1-7-10-12-14-16-18-20-22-24-26-28-30-32-34-36-38-41-54-47-43-45(46(40-9-3)56-50(52)53)49(48(44(47)4)51(5)6)55-42-39-37-35-33-31-29-27-25-23-21-19-17-15-13-11-8-2/h16-19,22-25,43,46H,7-15,20-21,26-42H2,1-6H3,(H,52,53)/b18-16-,19-17-,24-22-,25-23-. The van der Waals surface area contributed by atoms with E-state index >= 15 is 0 Å². The average molecular weight is 780 g/mol. The second-order valence-electron chi connectivity index (χ2n) is 15.7. The molecule has 0 radical (unpaired) electrons. The summed E-state index contributed by atoms with van der Waals surface area (Å²) in [6, 6.07) is 1.98. The number of benzene rings is 1. The minimum Gasteiger partial charge on any atom is -0.493 e. The quantitative estimate of drug-likeness (QED) is 0.0412. The van der Waals surface area contributed by atoms with E-state index in [0.29, 0.717) is 19.6 Å². The van der Waals surface area contributed by atoms with Crippen LogP contribution < -0.4 is 14.4 Å². The summed E-state index contributed by atoms with van der Waals surface area (Å²) in [6.45, 7) is 9.84. The number of allylic oxidation sites excluding steroid dienone is 8. The number of hydrogen-bond donors (Lipinski definition) is 1. The molecule has 0 aliphatic rings. The molecule has 1 aromatic rings. The van der Waals surface area contributed by atoms with E-state index in [-0.39, 0.29) is 0 Å². The summed E-state index contributed by atoms with van der Waals surface area (Å²) in [5.41, 5.74) is 2.71. The average Bonchev–Trinajstić information content (AvgIpc) is 3.17. The van der Waals surface area contributed by atoms with E-state index < -0.39 is 12.3 Å². The highest BCUT2D eigenvalue weighted by Crippen LogP contribution is 2.45. The van der Waals surface area contributed by atoms with Crippen LogP contribution in [0.5, 0.6) is 11.5 Å². The second-order valence-corrected chi connectivity index (χ2v) is 15.7. The topological polar surface area (TPSA) is 68.2 Å². The van der Waals surface area contributed by atoms with Gasteiger partial charge in [-0.1, -0.05) is 153 Å². The summed E-state index contributed by atoms with van der Waals surface area (Å²) in [4.78, 5) is 13.9. The van der Waals surface area contributed by atoms with Gasteiger partial charge in [0, 0.05) is 25.2 Å². The van der Waals surface area contributed by atoms with Gasteiger partial charge in [-0.15, -0.1) is 0 Å². The maximum atomic E-state index is 11.8. The Labute approximate surface area is 345 Å². The normalized spacial score (nSPS) is 12.5. The van der Waals surface area contributed by atoms with E-state index in [1.54, 1.807) is 0 Å². The van der Waals surface area contributed by atoms with Crippen molar-refractivity contribution in [2.45, 2.75) is 201 Å². The van der Waals surface area contributed by atoms with Gasteiger partial charge in [0.2, 0.25) is 0 Å². The van der Waals surface area contributed by atoms with Crippen molar-refractivity contribution >= 4 is 11.8 Å². The highest BCUT2D eigenvalue weighted by Gasteiger charge is 2.27. The summed E-state index contributed by atoms with van der Waals surface area (Å²) in [6.07, 6.45) is 46.9. The lowest BCUT2D eigenvalue weighted by atomic mass is 9.98. The van der Waals surface area contributed by atoms with Gasteiger partial charge < -0.3 is 24.2 Å². The molecule has 56 heavy (non-hydrogen) atoms. The SMILES string of the molecule is CCCCC/C=C\C/C=C\CCCCCCCCOc1cc(C(CCC)OC(=O)O)c(OCCCCCCCC/C=C\C/C=C\CCCCC)c(N(C)C)c1C. The lowest BCUT2D eigenvalue weighted by Gasteiger charge is -2.28. The Morgan fingerprint density at radius 2 is 1.04 bits per heavy atom. The Morgan fingerprint density at radius 3 is 1.46 bits per heavy atom. The van der Waals surface area contributed by atoms with Crippen LogP contribution in [0.15, 0.2) is 54.7 Å². The summed E-state index contributed by atoms with van der Waals surface area (Å²) in [5.74, 6) is 1.50. The highest BCUT2D eigenvalue weighted by atomic mass is 16.7. The van der Waals surface area contributed by atoms with Crippen molar-refractivity contribution in [3.05, 3.63) is 65.8 Å². The monoisotopic (exact) mass is 780 g/mol. The van der Waals surface area contributed by atoms with Crippen LogP contribution >= 0.6 is 0 Å². The van der Waals surface area contributed by atoms with Crippen LogP contribution in [-0.2, 0) is 4.74 Å². The van der Waals surface area contributed by atoms with Gasteiger partial charge in [0.05, 0.1) is 18.9 Å². The molecule has 0 saturated carbocycles. The van der Waals surface area contributed by atoms with Gasteiger partial charge in [-0.25, -0.2) is 4.79 Å². The molecule has 6 heteroatoms. The maximum Gasteiger partial charge on any atom is 0.506 e. The van der Waals surface area contributed by atoms with Gasteiger partial charge in [-0.05, 0) is 96.5 Å². The molecule has 1 rings (SSSR count). The minimum atomic E-state index is -1.27. The van der Waals surface area contributed by atoms with Crippen molar-refractivity contribution in [2.24, 2.45) is 0 Å². The number of carbonyl (C=O) groups is 1. The molecular weight excluding hydrogens is 695 g/mol. The van der Waals surface area contributed by atoms with E-state index in [0.717, 1.165) is 79.7 Å². The zero-order valence-corrected chi connectivity index (χ0v) is 37.1. The molecule has 6 nitrogen and oxygen atoms in total. The first-order chi connectivity index (χ1) is 27.4. The smallest absolute Gasteiger partial charge is 0.493 e. The molecule has 0 aliphatic heterocycles. The lowest BCUT2D eigenvalue weighted by molar-refractivity contribution is 0.0459. The third-order valence-electron chi connectivity index (χ3n) is 10.3. The van der Waals surface area contributed by atoms with Gasteiger partial charge in [-0.3, -0.25) is 0 Å². The largest absolute Gasteiger partial charge is 0.506 e. The molecule has 0 bridgehead atoms. The zero-order valence-electron chi connectivity index (χ0n) is 37.1. The van der Waals surface area contributed by atoms with Crippen LogP contribution in [-0.4, -0.2) is 38.6 Å². The molecule has 1 unspecified atom stereocenters. The van der Waals surface area contributed by atoms with E-state index in [9.17, 15) is 9.90 Å². The molecule has 0 heterocycles. The summed E-state index contributed by atoms with van der Waals surface area (Å²) >= 11 is 0. The van der Waals surface area contributed by atoms with Crippen molar-refractivity contribution in [3.8, 4) is 11.5 Å². The van der Waals surface area contributed by atoms with Crippen LogP contribution in [0.4, 0.5) is 10.5 Å². The first-order valence-electron chi connectivity index (χ1n) is 23.0. The van der Waals surface area contributed by atoms with Crippen molar-refractivity contribution in [1.82, 2.24) is 0 Å². The van der Waals surface area contributed by atoms with Gasteiger partial charge >= 0.3 is 6.16 Å². The number of ether oxygens (including phenoxy) is 3. The van der Waals surface area contributed by atoms with Crippen molar-refractivity contribution in [1.29, 1.82) is 0 Å². The molecule has 0 spiro atoms. The highest BCUT2D eigenvalue weighted by molar-refractivity contribution is 5.71. The molecular formula is C50H85NO5. The Kier molecular flexibility index (Phi) is 32.9. The fourth-order valence-electron chi connectivity index (χ4n) is 7.02. The van der Waals surface area contributed by atoms with Gasteiger partial charge in [-0.2, -0.15) is 0 Å². The number of carboxylic acid groups (broad SMARTS) is 1. The van der Waals surface area contributed by atoms with E-state index in [1.165, 1.54) is 109 Å². The van der Waals surface area contributed by atoms with Gasteiger partial charge in [0.25, 0.3) is 0 Å². The molecule has 0 aliphatic carbocycles. The summed E-state index contributed by atoms with van der Waals surface area (Å²) < 4.78 is 18.4. The van der Waals surface area contributed by atoms with Crippen LogP contribution in [0.3, 0.4) is 0 Å². The summed E-state index contributed by atoms with van der Waals surface area (Å²) in [5, 5.41) is 9.65. The fraction of sp³-hybridized carbons (Fsp3) is 0.700. The predicted molar refractivity (Wildman–Crippen MR) is 242 cm³/mol. The minimum absolute atomic E-state index is 0.578. The molecule has 1 N–H and O–H groups in total. The Hall–Kier alpha value is -3.15. The lowest BCUT2D eigenvalue weighted by Crippen LogP contribution is -2.18. The number of nitrogens with zero attached hydrogens (tertiary/aromatic N) is 1. The van der Waals surface area contributed by atoms with E-state index in [2.05, 4.69) is 74.3 Å². The molecule has 1 atom stereocenters. The Balaban J connectivity index is 2.59. The van der Waals surface area contributed by atoms with Crippen molar-refractivity contribution in [3.63, 3.8) is 0 Å². The number of rotatable bonds is 37. The Bertz CT molecular complexity index is 1220. The van der Waals surface area contributed by atoms with Crippen LogP contribution in [0, 0.1) is 6.92 Å². The summed E-state index contributed by atoms with van der Waals surface area (Å²) in [7, 11) is 4.03. The fourth-order valence-corrected chi connectivity index (χ4v) is 7.02. The number of unbranched alkanes of at least 4 members (excludes halogenated alkanes) is 18. The molecule has 320 valence electrons. The van der Waals surface area contributed by atoms with Crippen molar-refractivity contribution in [2.75, 3.05) is 32.2 Å². The third kappa shape index (κ3) is 25.9. The molecule has 0 saturated heterocycles. The number of hydrogen-bond acceptors (Lipinski definition) is 5. The van der Waals surface area contributed by atoms with E-state index in [4.69, 9.17) is 14.2 Å². The van der Waals surface area contributed by atoms with Crippen LogP contribution in [0.25, 0.3) is 0 Å². The Morgan fingerprint density at radius 1 is 0.607 bits per heavy atom. The third-order valence-corrected chi connectivity index (χ3v) is 10.3. The maximum absolute atomic E-state index is 11.8. The van der Waals surface area contributed by atoms with Gasteiger partial charge in [0.1, 0.15) is 17.6 Å². The first kappa shape index (κ1) is 50.9. The zero-order chi connectivity index (χ0) is 40.9. The molecule has 0 amide bonds. The molecule has 0 fully saturated rings. The molecule has 0 aromatic heterocycles. The van der Waals surface area contributed by atoms with Gasteiger partial charge in [0.15, 0.2) is 0 Å². The van der Waals surface area contributed by atoms with Crippen LogP contribution in [0.1, 0.15) is 205 Å². The van der Waals surface area contributed by atoms with Crippen LogP contribution in [0.2, 0.25) is 0 Å². The number of anilines is 1. The first-order valence-corrected chi connectivity index (χ1v) is 23.0. The predicted octanol–water partition coefficient (Wildman–Crippen LogP) is 16.0.